The van der Waals surface area contributed by atoms with Crippen molar-refractivity contribution in [2.45, 2.75) is 45.1 Å². The van der Waals surface area contributed by atoms with Gasteiger partial charge in [0.25, 0.3) is 0 Å². The number of halogens is 1. The third kappa shape index (κ3) is 5.03. The third-order valence-corrected chi connectivity index (χ3v) is 3.81. The van der Waals surface area contributed by atoms with Gasteiger partial charge in [0.2, 0.25) is 0 Å². The molecule has 16 heavy (non-hydrogen) atoms. The monoisotopic (exact) mass is 246 g/mol. The lowest BCUT2D eigenvalue weighted by Crippen LogP contribution is -2.39. The summed E-state index contributed by atoms with van der Waals surface area (Å²) in [5.41, 5.74) is 0. The van der Waals surface area contributed by atoms with Crippen molar-refractivity contribution in [3.8, 4) is 0 Å². The summed E-state index contributed by atoms with van der Waals surface area (Å²) in [6.07, 6.45) is 6.73. The first kappa shape index (κ1) is 14.3. The fourth-order valence-electron chi connectivity index (χ4n) is 2.61. The Morgan fingerprint density at radius 2 is 2.06 bits per heavy atom. The lowest BCUT2D eigenvalue weighted by molar-refractivity contribution is 0.155. The van der Waals surface area contributed by atoms with Crippen molar-refractivity contribution in [1.82, 2.24) is 9.80 Å². The summed E-state index contributed by atoms with van der Waals surface area (Å²) in [4.78, 5) is 5.05. The molecule has 3 heteroatoms. The van der Waals surface area contributed by atoms with Crippen molar-refractivity contribution in [3.63, 3.8) is 0 Å². The van der Waals surface area contributed by atoms with E-state index in [4.69, 9.17) is 11.6 Å². The lowest BCUT2D eigenvalue weighted by Gasteiger charge is -2.34. The van der Waals surface area contributed by atoms with E-state index in [-0.39, 0.29) is 0 Å². The van der Waals surface area contributed by atoms with Gasteiger partial charge in [-0.15, -0.1) is 11.6 Å². The molecule has 1 fully saturated rings. The molecule has 0 saturated carbocycles. The second-order valence-electron chi connectivity index (χ2n) is 4.95. The van der Waals surface area contributed by atoms with Crippen LogP contribution < -0.4 is 0 Å². The topological polar surface area (TPSA) is 6.48 Å². The number of piperidine rings is 1. The molecule has 1 rings (SSSR count). The summed E-state index contributed by atoms with van der Waals surface area (Å²) >= 11 is 5.83. The summed E-state index contributed by atoms with van der Waals surface area (Å²) in [5, 5.41) is 0. The van der Waals surface area contributed by atoms with E-state index in [2.05, 4.69) is 23.8 Å². The minimum absolute atomic E-state index is 0.764. The molecule has 0 aliphatic carbocycles. The van der Waals surface area contributed by atoms with Gasteiger partial charge in [0.15, 0.2) is 0 Å². The van der Waals surface area contributed by atoms with Gasteiger partial charge in [0.05, 0.1) is 0 Å². The summed E-state index contributed by atoms with van der Waals surface area (Å²) in [7, 11) is 2.27. The van der Waals surface area contributed by atoms with E-state index in [0.717, 1.165) is 18.5 Å². The molecule has 0 aromatic carbocycles. The van der Waals surface area contributed by atoms with Crippen LogP contribution in [0.25, 0.3) is 0 Å². The summed E-state index contributed by atoms with van der Waals surface area (Å²) in [5.74, 6) is 0.764. The van der Waals surface area contributed by atoms with Gasteiger partial charge in [-0.05, 0) is 52.4 Å². The van der Waals surface area contributed by atoms with Gasteiger partial charge in [-0.3, -0.25) is 0 Å². The highest BCUT2D eigenvalue weighted by Gasteiger charge is 2.19. The van der Waals surface area contributed by atoms with E-state index in [1.807, 2.05) is 0 Å². The van der Waals surface area contributed by atoms with Crippen molar-refractivity contribution in [2.75, 3.05) is 39.1 Å². The molecule has 0 aromatic rings. The molecule has 1 atom stereocenters. The van der Waals surface area contributed by atoms with Crippen molar-refractivity contribution in [1.29, 1.82) is 0 Å². The molecule has 96 valence electrons. The van der Waals surface area contributed by atoms with Gasteiger partial charge in [-0.1, -0.05) is 13.3 Å². The molecule has 0 bridgehead atoms. The Kier molecular flexibility index (Phi) is 7.42. The van der Waals surface area contributed by atoms with Crippen molar-refractivity contribution >= 4 is 11.6 Å². The average Bonchev–Trinajstić information content (AvgIpc) is 2.28. The summed E-state index contributed by atoms with van der Waals surface area (Å²) < 4.78 is 0. The maximum Gasteiger partial charge on any atom is 0.0351 e. The molecule has 1 saturated heterocycles. The first-order valence-electron chi connectivity index (χ1n) is 6.76. The number of rotatable bonds is 7. The van der Waals surface area contributed by atoms with Gasteiger partial charge in [0, 0.05) is 18.5 Å². The Bertz CT molecular complexity index is 169. The lowest BCUT2D eigenvalue weighted by atomic mass is 10.00. The van der Waals surface area contributed by atoms with Crippen LogP contribution in [0.2, 0.25) is 0 Å². The fourth-order valence-corrected chi connectivity index (χ4v) is 2.85. The second kappa shape index (κ2) is 8.32. The first-order valence-corrected chi connectivity index (χ1v) is 7.30. The maximum atomic E-state index is 5.83. The van der Waals surface area contributed by atoms with Gasteiger partial charge in [-0.25, -0.2) is 0 Å². The quantitative estimate of drug-likeness (QED) is 0.638. The Hall–Kier alpha value is 0.210. The van der Waals surface area contributed by atoms with Crippen LogP contribution in [0.5, 0.6) is 0 Å². The average molecular weight is 247 g/mol. The maximum absolute atomic E-state index is 5.83. The van der Waals surface area contributed by atoms with Crippen LogP contribution >= 0.6 is 11.6 Å². The van der Waals surface area contributed by atoms with Crippen LogP contribution in [0.4, 0.5) is 0 Å². The zero-order valence-electron chi connectivity index (χ0n) is 10.9. The predicted molar refractivity (Wildman–Crippen MR) is 72.3 cm³/mol. The number of likely N-dealkylation sites (tertiary alicyclic amines) is 1. The molecule has 2 nitrogen and oxygen atoms in total. The fraction of sp³-hybridized carbons (Fsp3) is 1.00. The molecule has 0 radical (unpaired) electrons. The van der Waals surface area contributed by atoms with Crippen molar-refractivity contribution in [2.24, 2.45) is 0 Å². The van der Waals surface area contributed by atoms with Crippen LogP contribution in [0.3, 0.4) is 0 Å². The molecule has 1 unspecified atom stereocenters. The van der Waals surface area contributed by atoms with Crippen LogP contribution in [-0.2, 0) is 0 Å². The Morgan fingerprint density at radius 3 is 2.69 bits per heavy atom. The van der Waals surface area contributed by atoms with E-state index < -0.39 is 0 Å². The van der Waals surface area contributed by atoms with Crippen LogP contribution in [0.1, 0.15) is 39.0 Å². The highest BCUT2D eigenvalue weighted by Crippen LogP contribution is 2.18. The minimum atomic E-state index is 0.764. The van der Waals surface area contributed by atoms with Crippen LogP contribution in [-0.4, -0.2) is 54.9 Å². The van der Waals surface area contributed by atoms with E-state index in [1.165, 1.54) is 51.7 Å². The zero-order valence-corrected chi connectivity index (χ0v) is 11.7. The molecule has 1 aliphatic heterocycles. The highest BCUT2D eigenvalue weighted by molar-refractivity contribution is 6.18. The minimum Gasteiger partial charge on any atom is -0.303 e. The number of hydrogen-bond acceptors (Lipinski definition) is 2. The SMILES string of the molecule is CCCN(CCCl)CCC1CCCCN1C. The van der Waals surface area contributed by atoms with Gasteiger partial charge in [-0.2, -0.15) is 0 Å². The summed E-state index contributed by atoms with van der Waals surface area (Å²) in [6.45, 7) is 6.99. The first-order chi connectivity index (χ1) is 7.77. The predicted octanol–water partition coefficient (Wildman–Crippen LogP) is 2.81. The molecule has 0 N–H and O–H groups in total. The summed E-state index contributed by atoms with van der Waals surface area (Å²) in [6, 6.07) is 0.809. The molecular weight excluding hydrogens is 220 g/mol. The highest BCUT2D eigenvalue weighted by atomic mass is 35.5. The number of hydrogen-bond donors (Lipinski definition) is 0. The largest absolute Gasteiger partial charge is 0.303 e. The van der Waals surface area contributed by atoms with Gasteiger partial charge in [0.1, 0.15) is 0 Å². The van der Waals surface area contributed by atoms with E-state index in [1.54, 1.807) is 0 Å². The molecule has 0 aromatic heterocycles. The Balaban J connectivity index is 2.23. The van der Waals surface area contributed by atoms with Crippen molar-refractivity contribution < 1.29 is 0 Å². The van der Waals surface area contributed by atoms with Crippen molar-refractivity contribution in [3.05, 3.63) is 0 Å². The Labute approximate surface area is 106 Å². The normalized spacial score (nSPS) is 22.9. The standard InChI is InChI=1S/C13H27ClN2/c1-3-9-16(12-8-14)11-7-13-6-4-5-10-15(13)2/h13H,3-12H2,1-2H3. The van der Waals surface area contributed by atoms with Gasteiger partial charge >= 0.3 is 0 Å². The number of nitrogens with zero attached hydrogens (tertiary/aromatic N) is 2. The molecule has 1 heterocycles. The number of alkyl halides is 1. The van der Waals surface area contributed by atoms with Crippen LogP contribution in [0, 0.1) is 0 Å². The van der Waals surface area contributed by atoms with E-state index in [9.17, 15) is 0 Å². The molecule has 0 spiro atoms. The smallest absolute Gasteiger partial charge is 0.0351 e. The van der Waals surface area contributed by atoms with Crippen LogP contribution in [0.15, 0.2) is 0 Å². The zero-order chi connectivity index (χ0) is 11.8. The van der Waals surface area contributed by atoms with E-state index >= 15 is 0 Å². The molecule has 0 amide bonds. The van der Waals surface area contributed by atoms with E-state index in [0.29, 0.717) is 0 Å². The second-order valence-corrected chi connectivity index (χ2v) is 5.33. The third-order valence-electron chi connectivity index (χ3n) is 3.64. The van der Waals surface area contributed by atoms with Gasteiger partial charge < -0.3 is 9.80 Å². The molecule has 1 aliphatic rings. The molecular formula is C13H27ClN2. The Morgan fingerprint density at radius 1 is 1.25 bits per heavy atom.